The van der Waals surface area contributed by atoms with Crippen LogP contribution in [0.2, 0.25) is 0 Å². The van der Waals surface area contributed by atoms with Crippen molar-refractivity contribution < 1.29 is 22.8 Å². The van der Waals surface area contributed by atoms with Gasteiger partial charge in [-0.15, -0.1) is 0 Å². The molecule has 3 rings (SSSR count). The summed E-state index contributed by atoms with van der Waals surface area (Å²) >= 11 is 0. The lowest BCUT2D eigenvalue weighted by atomic mass is 9.90. The van der Waals surface area contributed by atoms with Crippen molar-refractivity contribution in [1.82, 2.24) is 4.90 Å². The van der Waals surface area contributed by atoms with Crippen molar-refractivity contribution in [3.05, 3.63) is 34.4 Å². The molecule has 0 heterocycles. The van der Waals surface area contributed by atoms with E-state index in [0.29, 0.717) is 17.5 Å². The quantitative estimate of drug-likeness (QED) is 0.674. The average molecular weight is 395 g/mol. The van der Waals surface area contributed by atoms with Crippen LogP contribution >= 0.6 is 0 Å². The van der Waals surface area contributed by atoms with Crippen molar-refractivity contribution in [2.24, 2.45) is 0 Å². The van der Waals surface area contributed by atoms with Crippen LogP contribution in [0.5, 0.6) is 0 Å². The monoisotopic (exact) mass is 395 g/mol. The SMILES string of the molecule is CCC1C(=O)Cc2cc(C(=O)N(C(C)C)C3CCCCC3)c(C(F)(F)F)cc21. The third kappa shape index (κ3) is 3.83. The molecule has 28 heavy (non-hydrogen) atoms. The summed E-state index contributed by atoms with van der Waals surface area (Å²) < 4.78 is 41.6. The largest absolute Gasteiger partial charge is 0.417 e. The van der Waals surface area contributed by atoms with E-state index in [4.69, 9.17) is 0 Å². The van der Waals surface area contributed by atoms with Gasteiger partial charge in [-0.05, 0) is 56.4 Å². The lowest BCUT2D eigenvalue weighted by Crippen LogP contribution is -2.46. The summed E-state index contributed by atoms with van der Waals surface area (Å²) in [4.78, 5) is 27.2. The Morgan fingerprint density at radius 1 is 1.18 bits per heavy atom. The number of halogens is 3. The number of nitrogens with zero attached hydrogens (tertiary/aromatic N) is 1. The van der Waals surface area contributed by atoms with E-state index in [0.717, 1.165) is 38.2 Å². The Kier molecular flexibility index (Phi) is 5.87. The molecule has 1 unspecified atom stereocenters. The van der Waals surface area contributed by atoms with E-state index in [1.807, 2.05) is 13.8 Å². The summed E-state index contributed by atoms with van der Waals surface area (Å²) in [5, 5.41) is 0. The van der Waals surface area contributed by atoms with Crippen LogP contribution in [-0.4, -0.2) is 28.7 Å². The Morgan fingerprint density at radius 3 is 2.36 bits per heavy atom. The van der Waals surface area contributed by atoms with Crippen molar-refractivity contribution in [3.63, 3.8) is 0 Å². The van der Waals surface area contributed by atoms with Crippen molar-refractivity contribution in [2.75, 3.05) is 0 Å². The fourth-order valence-corrected chi connectivity index (χ4v) is 4.80. The summed E-state index contributed by atoms with van der Waals surface area (Å²) in [6.07, 6.45) is 0.671. The zero-order chi connectivity index (χ0) is 20.6. The smallest absolute Gasteiger partial charge is 0.333 e. The van der Waals surface area contributed by atoms with Gasteiger partial charge in [-0.25, -0.2) is 0 Å². The van der Waals surface area contributed by atoms with Crippen LogP contribution in [0.15, 0.2) is 12.1 Å². The van der Waals surface area contributed by atoms with Gasteiger partial charge in [0.15, 0.2) is 0 Å². The third-order valence-corrected chi connectivity index (χ3v) is 6.11. The highest BCUT2D eigenvalue weighted by molar-refractivity contribution is 5.99. The van der Waals surface area contributed by atoms with E-state index in [2.05, 4.69) is 0 Å². The minimum atomic E-state index is -4.64. The van der Waals surface area contributed by atoms with E-state index in [1.165, 1.54) is 6.07 Å². The van der Waals surface area contributed by atoms with Crippen molar-refractivity contribution in [1.29, 1.82) is 0 Å². The van der Waals surface area contributed by atoms with Crippen LogP contribution < -0.4 is 0 Å². The molecule has 1 atom stereocenters. The Hall–Kier alpha value is -1.85. The summed E-state index contributed by atoms with van der Waals surface area (Å²) in [6.45, 7) is 5.50. The number of carbonyl (C=O) groups excluding carboxylic acids is 2. The van der Waals surface area contributed by atoms with Crippen LogP contribution in [-0.2, 0) is 17.4 Å². The van der Waals surface area contributed by atoms with Crippen LogP contribution in [0.1, 0.15) is 92.3 Å². The normalized spacial score (nSPS) is 20.5. The molecule has 2 aliphatic rings. The summed E-state index contributed by atoms with van der Waals surface area (Å²) in [7, 11) is 0. The van der Waals surface area contributed by atoms with Crippen molar-refractivity contribution in [2.45, 2.75) is 89.9 Å². The van der Waals surface area contributed by atoms with E-state index >= 15 is 0 Å². The minimum absolute atomic E-state index is 0.0272. The van der Waals surface area contributed by atoms with Crippen LogP contribution in [0.3, 0.4) is 0 Å². The van der Waals surface area contributed by atoms with Gasteiger partial charge in [0.1, 0.15) is 5.78 Å². The second-order valence-corrected chi connectivity index (χ2v) is 8.30. The second-order valence-electron chi connectivity index (χ2n) is 8.30. The molecule has 0 spiro atoms. The number of benzene rings is 1. The maximum Gasteiger partial charge on any atom is 0.417 e. The number of carbonyl (C=O) groups is 2. The zero-order valence-electron chi connectivity index (χ0n) is 16.7. The molecule has 0 aromatic heterocycles. The van der Waals surface area contributed by atoms with Gasteiger partial charge >= 0.3 is 6.18 Å². The Labute approximate surface area is 164 Å². The molecule has 1 aromatic rings. The molecule has 1 aromatic carbocycles. The standard InChI is InChI=1S/C22H28F3NO2/c1-4-16-17-12-19(22(23,24)25)18(10-14(17)11-20(16)27)21(28)26(13(2)3)15-8-6-5-7-9-15/h10,12-13,15-16H,4-9,11H2,1-3H3. The molecule has 3 nitrogen and oxygen atoms in total. The molecule has 0 N–H and O–H groups in total. The predicted molar refractivity (Wildman–Crippen MR) is 101 cm³/mol. The van der Waals surface area contributed by atoms with Crippen LogP contribution in [0, 0.1) is 0 Å². The fraction of sp³-hybridized carbons (Fsp3) is 0.636. The van der Waals surface area contributed by atoms with Crippen molar-refractivity contribution in [3.8, 4) is 0 Å². The summed E-state index contributed by atoms with van der Waals surface area (Å²) in [6, 6.07) is 2.18. The third-order valence-electron chi connectivity index (χ3n) is 6.11. The van der Waals surface area contributed by atoms with Crippen molar-refractivity contribution >= 4 is 11.7 Å². The number of hydrogen-bond acceptors (Lipinski definition) is 2. The van der Waals surface area contributed by atoms with E-state index < -0.39 is 23.6 Å². The number of fused-ring (bicyclic) bond motifs is 1. The van der Waals surface area contributed by atoms with Gasteiger partial charge in [-0.1, -0.05) is 26.2 Å². The molecular weight excluding hydrogens is 367 g/mol. The molecule has 1 amide bonds. The Bertz CT molecular complexity index is 764. The van der Waals surface area contributed by atoms with Gasteiger partial charge in [-0.3, -0.25) is 9.59 Å². The molecule has 0 saturated heterocycles. The van der Waals surface area contributed by atoms with Crippen LogP contribution in [0.4, 0.5) is 13.2 Å². The molecule has 2 aliphatic carbocycles. The fourth-order valence-electron chi connectivity index (χ4n) is 4.80. The van der Waals surface area contributed by atoms with Gasteiger partial charge in [0.25, 0.3) is 5.91 Å². The number of rotatable bonds is 4. The predicted octanol–water partition coefficient (Wildman–Crippen LogP) is 5.51. The van der Waals surface area contributed by atoms with Gasteiger partial charge < -0.3 is 4.90 Å². The highest BCUT2D eigenvalue weighted by Gasteiger charge is 2.41. The first-order chi connectivity index (χ1) is 13.1. The van der Waals surface area contributed by atoms with Crippen LogP contribution in [0.25, 0.3) is 0 Å². The first-order valence-electron chi connectivity index (χ1n) is 10.2. The summed E-state index contributed by atoms with van der Waals surface area (Å²) in [5.41, 5.74) is -0.216. The lowest BCUT2D eigenvalue weighted by Gasteiger charge is -2.38. The lowest BCUT2D eigenvalue weighted by molar-refractivity contribution is -0.138. The summed E-state index contributed by atoms with van der Waals surface area (Å²) in [5.74, 6) is -1.13. The average Bonchev–Trinajstić information content (AvgIpc) is 2.94. The number of amides is 1. The number of hydrogen-bond donors (Lipinski definition) is 0. The van der Waals surface area contributed by atoms with E-state index in [-0.39, 0.29) is 29.9 Å². The maximum absolute atomic E-state index is 13.9. The molecule has 0 aliphatic heterocycles. The number of Topliss-reactive ketones (excluding diaryl/α,β-unsaturated/α-hetero) is 1. The molecule has 0 bridgehead atoms. The maximum atomic E-state index is 13.9. The van der Waals surface area contributed by atoms with E-state index in [9.17, 15) is 22.8 Å². The number of alkyl halides is 3. The van der Waals surface area contributed by atoms with E-state index in [1.54, 1.807) is 11.8 Å². The minimum Gasteiger partial charge on any atom is -0.333 e. The van der Waals surface area contributed by atoms with Gasteiger partial charge in [0.2, 0.25) is 0 Å². The van der Waals surface area contributed by atoms with Gasteiger partial charge in [-0.2, -0.15) is 13.2 Å². The topological polar surface area (TPSA) is 37.4 Å². The Balaban J connectivity index is 2.08. The zero-order valence-corrected chi connectivity index (χ0v) is 16.7. The molecule has 6 heteroatoms. The van der Waals surface area contributed by atoms with Gasteiger partial charge in [0, 0.05) is 24.4 Å². The molecule has 1 fully saturated rings. The van der Waals surface area contributed by atoms with Gasteiger partial charge in [0.05, 0.1) is 11.1 Å². The number of ketones is 1. The molecular formula is C22H28F3NO2. The molecule has 1 saturated carbocycles. The first kappa shape index (κ1) is 20.9. The highest BCUT2D eigenvalue weighted by Crippen LogP contribution is 2.41. The second kappa shape index (κ2) is 7.88. The first-order valence-corrected chi connectivity index (χ1v) is 10.2. The molecule has 0 radical (unpaired) electrons. The Morgan fingerprint density at radius 2 is 1.82 bits per heavy atom. The molecule has 154 valence electrons. The highest BCUT2D eigenvalue weighted by atomic mass is 19.4.